The predicted molar refractivity (Wildman–Crippen MR) is 117 cm³/mol. The van der Waals surface area contributed by atoms with Crippen LogP contribution in [0.1, 0.15) is 53.6 Å². The summed E-state index contributed by atoms with van der Waals surface area (Å²) in [5.41, 5.74) is 3.13. The first kappa shape index (κ1) is 19.6. The van der Waals surface area contributed by atoms with E-state index in [1.165, 1.54) is 17.5 Å². The van der Waals surface area contributed by atoms with E-state index in [0.29, 0.717) is 23.0 Å². The van der Waals surface area contributed by atoms with Crippen molar-refractivity contribution in [1.29, 1.82) is 0 Å². The average Bonchev–Trinajstić information content (AvgIpc) is 3.17. The van der Waals surface area contributed by atoms with Crippen LogP contribution in [-0.2, 0) is 17.8 Å². The Hall–Kier alpha value is -2.33. The highest BCUT2D eigenvalue weighted by Crippen LogP contribution is 2.41. The quantitative estimate of drug-likeness (QED) is 0.703. The molecule has 0 unspecified atom stereocenters. The van der Waals surface area contributed by atoms with Crippen molar-refractivity contribution in [3.63, 3.8) is 0 Å². The van der Waals surface area contributed by atoms with Crippen LogP contribution in [0.3, 0.4) is 0 Å². The van der Waals surface area contributed by atoms with Gasteiger partial charge in [-0.3, -0.25) is 9.59 Å². The molecule has 2 aromatic rings. The Morgan fingerprint density at radius 1 is 0.967 bits per heavy atom. The Balaban J connectivity index is 1.43. The van der Waals surface area contributed by atoms with Gasteiger partial charge in [0.25, 0.3) is 5.91 Å². The zero-order valence-corrected chi connectivity index (χ0v) is 17.9. The van der Waals surface area contributed by atoms with E-state index < -0.39 is 0 Å². The highest BCUT2D eigenvalue weighted by molar-refractivity contribution is 6.31. The topological polar surface area (TPSA) is 40.6 Å². The van der Waals surface area contributed by atoms with Crippen LogP contribution in [0.4, 0.5) is 0 Å². The van der Waals surface area contributed by atoms with Crippen molar-refractivity contribution in [2.24, 2.45) is 5.92 Å². The van der Waals surface area contributed by atoms with Gasteiger partial charge in [-0.05, 0) is 60.9 Å². The number of likely N-dealkylation sites (tertiary alicyclic amines) is 1. The molecule has 5 heteroatoms. The van der Waals surface area contributed by atoms with E-state index in [9.17, 15) is 9.59 Å². The Kier molecular flexibility index (Phi) is 5.28. The van der Waals surface area contributed by atoms with Gasteiger partial charge in [-0.2, -0.15) is 0 Å². The molecule has 3 atom stereocenters. The minimum Gasteiger partial charge on any atom is -0.336 e. The largest absolute Gasteiger partial charge is 0.336 e. The minimum absolute atomic E-state index is 0.0531. The first-order valence-corrected chi connectivity index (χ1v) is 11.4. The molecule has 4 nitrogen and oxygen atoms in total. The van der Waals surface area contributed by atoms with Gasteiger partial charge in [-0.15, -0.1) is 0 Å². The number of nitrogens with zero attached hydrogens (tertiary/aromatic N) is 2. The van der Waals surface area contributed by atoms with Crippen molar-refractivity contribution in [2.45, 2.75) is 57.2 Å². The highest BCUT2D eigenvalue weighted by atomic mass is 35.5. The average molecular weight is 423 g/mol. The molecule has 2 fully saturated rings. The maximum atomic E-state index is 13.7. The zero-order chi connectivity index (χ0) is 20.7. The van der Waals surface area contributed by atoms with Gasteiger partial charge in [0.2, 0.25) is 5.91 Å². The normalized spacial score (nSPS) is 25.6. The Bertz CT molecular complexity index is 975. The lowest BCUT2D eigenvalue weighted by molar-refractivity contribution is -0.136. The molecule has 0 N–H and O–H groups in total. The Morgan fingerprint density at radius 2 is 1.77 bits per heavy atom. The molecule has 2 heterocycles. The third kappa shape index (κ3) is 3.51. The molecular weight excluding hydrogens is 396 g/mol. The number of halogens is 1. The first-order valence-electron chi connectivity index (χ1n) is 11.1. The molecule has 3 aliphatic rings. The standard InChI is InChI=1S/C25H27ClN2O2/c26-21-10-5-9-19(14-21)24(29)28-22-11-4-3-7-18(22)15-23(28)25(30)27-13-12-17-6-1-2-8-20(17)16-27/h1-2,5-6,8-10,14,18,22-23H,3-4,7,11-13,15-16H2/t18-,22-,23+/m1/s1. The number of hydrogen-bond donors (Lipinski definition) is 0. The van der Waals surface area contributed by atoms with Crippen LogP contribution in [0.15, 0.2) is 48.5 Å². The Labute approximate surface area is 182 Å². The van der Waals surface area contributed by atoms with Gasteiger partial charge in [-0.1, -0.05) is 54.8 Å². The summed E-state index contributed by atoms with van der Waals surface area (Å²) in [6.45, 7) is 1.36. The molecule has 156 valence electrons. The summed E-state index contributed by atoms with van der Waals surface area (Å²) in [7, 11) is 0. The maximum absolute atomic E-state index is 13.7. The summed E-state index contributed by atoms with van der Waals surface area (Å²) >= 11 is 6.16. The van der Waals surface area contributed by atoms with Crippen molar-refractivity contribution in [2.75, 3.05) is 6.54 Å². The molecule has 2 amide bonds. The second-order valence-electron chi connectivity index (χ2n) is 8.86. The fraction of sp³-hybridized carbons (Fsp3) is 0.440. The molecule has 1 aliphatic carbocycles. The molecule has 30 heavy (non-hydrogen) atoms. The van der Waals surface area contributed by atoms with Crippen LogP contribution in [0.25, 0.3) is 0 Å². The molecule has 1 saturated heterocycles. The van der Waals surface area contributed by atoms with Crippen LogP contribution in [0, 0.1) is 5.92 Å². The van der Waals surface area contributed by atoms with Crippen molar-refractivity contribution < 1.29 is 9.59 Å². The maximum Gasteiger partial charge on any atom is 0.254 e. The van der Waals surface area contributed by atoms with Gasteiger partial charge < -0.3 is 9.80 Å². The summed E-state index contributed by atoms with van der Waals surface area (Å²) in [6, 6.07) is 15.3. The summed E-state index contributed by atoms with van der Waals surface area (Å²) in [5.74, 6) is 0.477. The SMILES string of the molecule is O=C([C@@H]1C[C@H]2CCCC[C@H]2N1C(=O)c1cccc(Cl)c1)N1CCc2ccccc2C1. The fourth-order valence-corrected chi connectivity index (χ4v) is 5.83. The second kappa shape index (κ2) is 8.07. The third-order valence-corrected chi connectivity index (χ3v) is 7.36. The lowest BCUT2D eigenvalue weighted by Gasteiger charge is -2.36. The third-order valence-electron chi connectivity index (χ3n) is 7.12. The highest BCUT2D eigenvalue weighted by Gasteiger charge is 2.48. The van der Waals surface area contributed by atoms with Gasteiger partial charge in [-0.25, -0.2) is 0 Å². The summed E-state index contributed by atoms with van der Waals surface area (Å²) in [4.78, 5) is 31.1. The molecular formula is C25H27ClN2O2. The van der Waals surface area contributed by atoms with Crippen molar-refractivity contribution >= 4 is 23.4 Å². The molecule has 5 rings (SSSR count). The van der Waals surface area contributed by atoms with Gasteiger partial charge in [0.05, 0.1) is 0 Å². The number of amides is 2. The summed E-state index contributed by atoms with van der Waals surface area (Å²) in [5, 5.41) is 0.552. The number of carbonyl (C=O) groups is 2. The molecule has 2 aromatic carbocycles. The van der Waals surface area contributed by atoms with Crippen LogP contribution >= 0.6 is 11.6 Å². The number of fused-ring (bicyclic) bond motifs is 2. The Morgan fingerprint density at radius 3 is 2.60 bits per heavy atom. The number of hydrogen-bond acceptors (Lipinski definition) is 2. The van der Waals surface area contributed by atoms with E-state index in [1.807, 2.05) is 28.0 Å². The van der Waals surface area contributed by atoms with E-state index in [4.69, 9.17) is 11.6 Å². The van der Waals surface area contributed by atoms with Crippen molar-refractivity contribution in [3.8, 4) is 0 Å². The molecule has 2 aliphatic heterocycles. The van der Waals surface area contributed by atoms with E-state index in [2.05, 4.69) is 18.2 Å². The lowest BCUT2D eigenvalue weighted by atomic mass is 9.84. The van der Waals surface area contributed by atoms with E-state index >= 15 is 0 Å². The van der Waals surface area contributed by atoms with E-state index in [0.717, 1.165) is 38.6 Å². The van der Waals surface area contributed by atoms with Gasteiger partial charge in [0.1, 0.15) is 6.04 Å². The smallest absolute Gasteiger partial charge is 0.254 e. The number of benzene rings is 2. The van der Waals surface area contributed by atoms with Crippen molar-refractivity contribution in [3.05, 3.63) is 70.2 Å². The summed E-state index contributed by atoms with van der Waals surface area (Å²) < 4.78 is 0. The fourth-order valence-electron chi connectivity index (χ4n) is 5.64. The van der Waals surface area contributed by atoms with Crippen LogP contribution in [0.5, 0.6) is 0 Å². The number of rotatable bonds is 2. The summed E-state index contributed by atoms with van der Waals surface area (Å²) in [6.07, 6.45) is 6.08. The van der Waals surface area contributed by atoms with Crippen LogP contribution < -0.4 is 0 Å². The van der Waals surface area contributed by atoms with Gasteiger partial charge in [0, 0.05) is 29.7 Å². The molecule has 1 saturated carbocycles. The molecule has 0 aromatic heterocycles. The molecule has 0 bridgehead atoms. The van der Waals surface area contributed by atoms with Crippen LogP contribution in [0.2, 0.25) is 5.02 Å². The lowest BCUT2D eigenvalue weighted by Crippen LogP contribution is -2.51. The zero-order valence-electron chi connectivity index (χ0n) is 17.1. The van der Waals surface area contributed by atoms with Crippen molar-refractivity contribution in [1.82, 2.24) is 9.80 Å². The van der Waals surface area contributed by atoms with E-state index in [1.54, 1.807) is 12.1 Å². The van der Waals surface area contributed by atoms with Crippen LogP contribution in [-0.4, -0.2) is 40.2 Å². The molecule has 0 radical (unpaired) electrons. The minimum atomic E-state index is -0.366. The predicted octanol–water partition coefficient (Wildman–Crippen LogP) is 4.70. The second-order valence-corrected chi connectivity index (χ2v) is 9.30. The monoisotopic (exact) mass is 422 g/mol. The first-order chi connectivity index (χ1) is 14.6. The van der Waals surface area contributed by atoms with Gasteiger partial charge in [0.15, 0.2) is 0 Å². The van der Waals surface area contributed by atoms with Gasteiger partial charge >= 0.3 is 0 Å². The number of carbonyl (C=O) groups excluding carboxylic acids is 2. The molecule has 0 spiro atoms. The van der Waals surface area contributed by atoms with E-state index in [-0.39, 0.29) is 23.9 Å².